The van der Waals surface area contributed by atoms with E-state index in [-0.39, 0.29) is 18.6 Å². The zero-order valence-corrected chi connectivity index (χ0v) is 13.0. The van der Waals surface area contributed by atoms with E-state index < -0.39 is 0 Å². The van der Waals surface area contributed by atoms with Gasteiger partial charge in [0.25, 0.3) is 0 Å². The first kappa shape index (κ1) is 15.7. The number of hydrogen-bond donors (Lipinski definition) is 1. The molecule has 0 saturated heterocycles. The first-order valence-corrected chi connectivity index (χ1v) is 7.88. The molecular formula is C19H21NO3. The van der Waals surface area contributed by atoms with Gasteiger partial charge in [0.2, 0.25) is 5.91 Å². The number of hydrogen-bond acceptors (Lipinski definition) is 3. The van der Waals surface area contributed by atoms with Crippen LogP contribution in [0, 0.1) is 0 Å². The molecule has 0 fully saturated rings. The molecule has 1 N–H and O–H groups in total. The van der Waals surface area contributed by atoms with Crippen LogP contribution in [0.5, 0.6) is 0 Å². The van der Waals surface area contributed by atoms with E-state index in [9.17, 15) is 4.79 Å². The molecule has 2 aromatic carbocycles. The van der Waals surface area contributed by atoms with Crippen molar-refractivity contribution in [1.29, 1.82) is 0 Å². The highest BCUT2D eigenvalue weighted by Gasteiger charge is 2.19. The maximum absolute atomic E-state index is 11.8. The minimum Gasteiger partial charge on any atom is -0.371 e. The van der Waals surface area contributed by atoms with Crippen LogP contribution in [0.1, 0.15) is 16.7 Å². The Morgan fingerprint density at radius 3 is 2.65 bits per heavy atom. The van der Waals surface area contributed by atoms with E-state index >= 15 is 0 Å². The molecule has 1 aliphatic heterocycles. The van der Waals surface area contributed by atoms with Crippen LogP contribution in [0.4, 0.5) is 0 Å². The van der Waals surface area contributed by atoms with Gasteiger partial charge in [-0.05, 0) is 16.7 Å². The van der Waals surface area contributed by atoms with Gasteiger partial charge < -0.3 is 14.8 Å². The van der Waals surface area contributed by atoms with Gasteiger partial charge in [0.15, 0.2) is 0 Å². The fourth-order valence-electron chi connectivity index (χ4n) is 2.65. The van der Waals surface area contributed by atoms with Gasteiger partial charge in [-0.25, -0.2) is 0 Å². The average molecular weight is 311 g/mol. The Hall–Kier alpha value is -2.17. The maximum atomic E-state index is 11.8. The van der Waals surface area contributed by atoms with Gasteiger partial charge in [-0.15, -0.1) is 0 Å². The number of carbonyl (C=O) groups is 1. The van der Waals surface area contributed by atoms with E-state index in [0.717, 1.165) is 12.0 Å². The summed E-state index contributed by atoms with van der Waals surface area (Å²) in [4.78, 5) is 11.8. The molecule has 0 bridgehead atoms. The molecule has 0 radical (unpaired) electrons. The molecule has 0 aliphatic carbocycles. The van der Waals surface area contributed by atoms with Crippen LogP contribution < -0.4 is 5.32 Å². The van der Waals surface area contributed by atoms with Crippen LogP contribution in [0.3, 0.4) is 0 Å². The molecule has 2 aromatic rings. The second-order valence-corrected chi connectivity index (χ2v) is 5.69. The average Bonchev–Trinajstić information content (AvgIpc) is 2.61. The topological polar surface area (TPSA) is 47.6 Å². The highest BCUT2D eigenvalue weighted by Crippen LogP contribution is 2.19. The quantitative estimate of drug-likeness (QED) is 0.891. The lowest BCUT2D eigenvalue weighted by atomic mass is 9.99. The summed E-state index contributed by atoms with van der Waals surface area (Å²) in [7, 11) is 0. The number of carbonyl (C=O) groups excluding carboxylic acids is 1. The third-order valence-corrected chi connectivity index (χ3v) is 3.91. The summed E-state index contributed by atoms with van der Waals surface area (Å²) < 4.78 is 11.2. The smallest absolute Gasteiger partial charge is 0.246 e. The molecular weight excluding hydrogens is 290 g/mol. The van der Waals surface area contributed by atoms with Crippen molar-refractivity contribution in [1.82, 2.24) is 5.32 Å². The van der Waals surface area contributed by atoms with Crippen molar-refractivity contribution >= 4 is 5.91 Å². The van der Waals surface area contributed by atoms with Crippen LogP contribution in [0.15, 0.2) is 54.6 Å². The zero-order valence-electron chi connectivity index (χ0n) is 13.0. The second-order valence-electron chi connectivity index (χ2n) is 5.69. The molecule has 1 heterocycles. The predicted molar refractivity (Wildman–Crippen MR) is 87.8 cm³/mol. The second kappa shape index (κ2) is 7.90. The zero-order chi connectivity index (χ0) is 15.9. The fraction of sp³-hybridized carbons (Fsp3) is 0.316. The first-order chi connectivity index (χ1) is 11.3. The minimum absolute atomic E-state index is 0.0305. The number of amides is 1. The summed E-state index contributed by atoms with van der Waals surface area (Å²) in [6.07, 6.45) is 0.865. The SMILES string of the molecule is O=C(COCc1ccccc1)NCC1Cc2ccccc2CO1. The maximum Gasteiger partial charge on any atom is 0.246 e. The largest absolute Gasteiger partial charge is 0.371 e. The molecule has 120 valence electrons. The molecule has 0 saturated carbocycles. The summed E-state index contributed by atoms with van der Waals surface area (Å²) >= 11 is 0. The van der Waals surface area contributed by atoms with Gasteiger partial charge in [0.05, 0.1) is 19.3 Å². The summed E-state index contributed by atoms with van der Waals surface area (Å²) in [6, 6.07) is 18.1. The third kappa shape index (κ3) is 4.65. The number of fused-ring (bicyclic) bond motifs is 1. The molecule has 1 amide bonds. The molecule has 1 unspecified atom stereocenters. The Morgan fingerprint density at radius 2 is 1.83 bits per heavy atom. The first-order valence-electron chi connectivity index (χ1n) is 7.88. The van der Waals surface area contributed by atoms with E-state index in [1.54, 1.807) is 0 Å². The predicted octanol–water partition coefficient (Wildman–Crippen LogP) is 2.46. The molecule has 1 atom stereocenters. The van der Waals surface area contributed by atoms with Crippen molar-refractivity contribution in [2.75, 3.05) is 13.2 Å². The highest BCUT2D eigenvalue weighted by atomic mass is 16.5. The van der Waals surface area contributed by atoms with E-state index in [2.05, 4.69) is 17.4 Å². The van der Waals surface area contributed by atoms with Crippen LogP contribution in [0.25, 0.3) is 0 Å². The van der Waals surface area contributed by atoms with Gasteiger partial charge in [-0.2, -0.15) is 0 Å². The van der Waals surface area contributed by atoms with E-state index in [1.165, 1.54) is 11.1 Å². The Kier molecular flexibility index (Phi) is 5.40. The minimum atomic E-state index is -0.108. The highest BCUT2D eigenvalue weighted by molar-refractivity contribution is 5.77. The summed E-state index contributed by atoms with van der Waals surface area (Å²) in [6.45, 7) is 1.64. The fourth-order valence-corrected chi connectivity index (χ4v) is 2.65. The molecule has 3 rings (SSSR count). The lowest BCUT2D eigenvalue weighted by molar-refractivity contribution is -0.126. The Bertz CT molecular complexity index is 642. The van der Waals surface area contributed by atoms with Crippen molar-refractivity contribution in [3.05, 3.63) is 71.3 Å². The van der Waals surface area contributed by atoms with E-state index in [0.29, 0.717) is 19.8 Å². The van der Waals surface area contributed by atoms with Crippen molar-refractivity contribution in [2.24, 2.45) is 0 Å². The molecule has 4 nitrogen and oxygen atoms in total. The Balaban J connectivity index is 1.37. The normalized spacial score (nSPS) is 16.6. The van der Waals surface area contributed by atoms with E-state index in [1.807, 2.05) is 42.5 Å². The molecule has 0 aromatic heterocycles. The number of benzene rings is 2. The van der Waals surface area contributed by atoms with Gasteiger partial charge in [-0.3, -0.25) is 4.79 Å². The molecule has 23 heavy (non-hydrogen) atoms. The Labute approximate surface area is 136 Å². The van der Waals surface area contributed by atoms with Crippen LogP contribution in [0.2, 0.25) is 0 Å². The van der Waals surface area contributed by atoms with Crippen LogP contribution in [-0.2, 0) is 33.9 Å². The van der Waals surface area contributed by atoms with Gasteiger partial charge in [-0.1, -0.05) is 54.6 Å². The van der Waals surface area contributed by atoms with Gasteiger partial charge >= 0.3 is 0 Å². The van der Waals surface area contributed by atoms with E-state index in [4.69, 9.17) is 9.47 Å². The molecule has 4 heteroatoms. The van der Waals surface area contributed by atoms with Crippen LogP contribution >= 0.6 is 0 Å². The number of ether oxygens (including phenoxy) is 2. The van der Waals surface area contributed by atoms with Gasteiger partial charge in [0, 0.05) is 13.0 Å². The monoisotopic (exact) mass is 311 g/mol. The lowest BCUT2D eigenvalue weighted by Crippen LogP contribution is -2.38. The lowest BCUT2D eigenvalue weighted by Gasteiger charge is -2.25. The third-order valence-electron chi connectivity index (χ3n) is 3.91. The van der Waals surface area contributed by atoms with Crippen molar-refractivity contribution in [2.45, 2.75) is 25.7 Å². The molecule has 1 aliphatic rings. The summed E-state index contributed by atoms with van der Waals surface area (Å²) in [5.41, 5.74) is 3.60. The summed E-state index contributed by atoms with van der Waals surface area (Å²) in [5.74, 6) is -0.108. The number of rotatable bonds is 6. The molecule has 0 spiro atoms. The number of nitrogens with one attached hydrogen (secondary N) is 1. The van der Waals surface area contributed by atoms with Gasteiger partial charge in [0.1, 0.15) is 6.61 Å². The van der Waals surface area contributed by atoms with Crippen molar-refractivity contribution in [3.8, 4) is 0 Å². The van der Waals surface area contributed by atoms with Crippen molar-refractivity contribution < 1.29 is 14.3 Å². The Morgan fingerprint density at radius 1 is 1.09 bits per heavy atom. The van der Waals surface area contributed by atoms with Crippen LogP contribution in [-0.4, -0.2) is 25.2 Å². The van der Waals surface area contributed by atoms with Crippen molar-refractivity contribution in [3.63, 3.8) is 0 Å². The summed E-state index contributed by atoms with van der Waals surface area (Å²) in [5, 5.41) is 2.88. The standard InChI is InChI=1S/C19H21NO3/c21-19(14-22-12-15-6-2-1-3-7-15)20-11-18-10-16-8-4-5-9-17(16)13-23-18/h1-9,18H,10-14H2,(H,20,21).